The normalized spacial score (nSPS) is 10.4. The second-order valence-electron chi connectivity index (χ2n) is 5.93. The molecule has 0 amide bonds. The third-order valence-corrected chi connectivity index (χ3v) is 5.14. The van der Waals surface area contributed by atoms with Gasteiger partial charge in [-0.25, -0.2) is 4.99 Å². The van der Waals surface area contributed by atoms with E-state index in [4.69, 9.17) is 15.2 Å². The molecule has 0 aliphatic heterocycles. The number of halogens is 2. The van der Waals surface area contributed by atoms with Crippen LogP contribution in [0.4, 0.5) is 11.4 Å². The van der Waals surface area contributed by atoms with Gasteiger partial charge in [0.25, 0.3) is 0 Å². The lowest BCUT2D eigenvalue weighted by molar-refractivity contribution is 0.412. The summed E-state index contributed by atoms with van der Waals surface area (Å²) in [6, 6.07) is 7.68. The smallest absolute Gasteiger partial charge is 0.135 e. The molecule has 2 aromatic rings. The molecule has 0 radical (unpaired) electrons. The Balaban J connectivity index is 0.000000289. The van der Waals surface area contributed by atoms with Gasteiger partial charge < -0.3 is 20.1 Å². The lowest BCUT2D eigenvalue weighted by Gasteiger charge is -2.10. The first-order chi connectivity index (χ1) is 12.7. The third-order valence-electron chi connectivity index (χ3n) is 3.90. The first-order valence-corrected chi connectivity index (χ1v) is 10.00. The first kappa shape index (κ1) is 23.3. The number of hydrogen-bond acceptors (Lipinski definition) is 4. The van der Waals surface area contributed by atoms with Gasteiger partial charge in [0.15, 0.2) is 0 Å². The summed E-state index contributed by atoms with van der Waals surface area (Å²) in [7, 11) is 5.27. The van der Waals surface area contributed by atoms with Gasteiger partial charge in [0.1, 0.15) is 11.5 Å². The zero-order chi connectivity index (χ0) is 20.6. The summed E-state index contributed by atoms with van der Waals surface area (Å²) in [4.78, 5) is 6.45. The predicted molar refractivity (Wildman–Crippen MR) is 122 cm³/mol. The minimum atomic E-state index is 0.755. The number of hydrogen-bond donors (Lipinski definition) is 1. The standard InChI is InChI=1S/C12H17BrN2O.C8H10BrNO/c1-5-15(3)8-14-11-7-12(16-4)10(13)6-9(11)2;1-5-3-6(9)8(11-2)4-7(5)10/h6-8H,5H2,1-4H3;3-4H,10H2,1-2H3. The third kappa shape index (κ3) is 7.07. The number of nitrogen functional groups attached to an aromatic ring is 1. The average molecular weight is 501 g/mol. The Morgan fingerprint density at radius 3 is 2.04 bits per heavy atom. The highest BCUT2D eigenvalue weighted by molar-refractivity contribution is 9.10. The van der Waals surface area contributed by atoms with Crippen molar-refractivity contribution in [1.29, 1.82) is 0 Å². The van der Waals surface area contributed by atoms with Crippen LogP contribution in [-0.2, 0) is 0 Å². The summed E-state index contributed by atoms with van der Waals surface area (Å²) in [6.45, 7) is 7.01. The molecule has 2 N–H and O–H groups in total. The minimum Gasteiger partial charge on any atom is -0.495 e. The Bertz CT molecular complexity index is 795. The van der Waals surface area contributed by atoms with E-state index >= 15 is 0 Å². The van der Waals surface area contributed by atoms with Crippen LogP contribution in [0, 0.1) is 13.8 Å². The highest BCUT2D eigenvalue weighted by Gasteiger charge is 2.05. The molecule has 0 aliphatic rings. The molecule has 0 aromatic heterocycles. The van der Waals surface area contributed by atoms with Crippen molar-refractivity contribution in [3.05, 3.63) is 44.3 Å². The van der Waals surface area contributed by atoms with Crippen molar-refractivity contribution in [2.24, 2.45) is 4.99 Å². The minimum absolute atomic E-state index is 0.755. The van der Waals surface area contributed by atoms with Crippen LogP contribution in [0.1, 0.15) is 18.1 Å². The van der Waals surface area contributed by atoms with Crippen molar-refractivity contribution in [1.82, 2.24) is 4.90 Å². The number of anilines is 1. The molecule has 0 unspecified atom stereocenters. The van der Waals surface area contributed by atoms with Crippen molar-refractivity contribution in [3.63, 3.8) is 0 Å². The van der Waals surface area contributed by atoms with Crippen LogP contribution in [0.15, 0.2) is 38.2 Å². The molecular formula is C20H27Br2N3O2. The number of aliphatic imine (C=N–C) groups is 1. The number of nitrogens with two attached hydrogens (primary N) is 1. The number of nitrogens with zero attached hydrogens (tertiary/aromatic N) is 2. The lowest BCUT2D eigenvalue weighted by atomic mass is 10.2. The summed E-state index contributed by atoms with van der Waals surface area (Å²) in [6.07, 6.45) is 1.83. The SMILES string of the molecule is CCN(C)C=Nc1cc(OC)c(Br)cc1C.COc1cc(N)c(C)cc1Br. The van der Waals surface area contributed by atoms with E-state index in [1.807, 2.05) is 50.3 Å². The van der Waals surface area contributed by atoms with Crippen molar-refractivity contribution >= 4 is 49.6 Å². The van der Waals surface area contributed by atoms with Gasteiger partial charge in [0.05, 0.1) is 35.2 Å². The fourth-order valence-electron chi connectivity index (χ4n) is 2.01. The summed E-state index contributed by atoms with van der Waals surface area (Å²) in [5, 5.41) is 0. The van der Waals surface area contributed by atoms with E-state index in [0.29, 0.717) is 0 Å². The Kier molecular flexibility index (Phi) is 9.66. The molecule has 27 heavy (non-hydrogen) atoms. The van der Waals surface area contributed by atoms with Crippen LogP contribution in [0.5, 0.6) is 11.5 Å². The Labute approximate surface area is 178 Å². The highest BCUT2D eigenvalue weighted by atomic mass is 79.9. The Morgan fingerprint density at radius 2 is 1.52 bits per heavy atom. The van der Waals surface area contributed by atoms with Crippen LogP contribution in [0.25, 0.3) is 0 Å². The number of ether oxygens (including phenoxy) is 2. The molecular weight excluding hydrogens is 474 g/mol. The lowest BCUT2D eigenvalue weighted by Crippen LogP contribution is -2.14. The van der Waals surface area contributed by atoms with Gasteiger partial charge in [-0.2, -0.15) is 0 Å². The number of methoxy groups -OCH3 is 2. The molecule has 0 spiro atoms. The van der Waals surface area contributed by atoms with Crippen molar-refractivity contribution in [3.8, 4) is 11.5 Å². The van der Waals surface area contributed by atoms with E-state index in [-0.39, 0.29) is 0 Å². The number of aryl methyl sites for hydroxylation is 2. The molecule has 148 valence electrons. The quantitative estimate of drug-likeness (QED) is 0.323. The summed E-state index contributed by atoms with van der Waals surface area (Å²) in [5.41, 5.74) is 9.52. The van der Waals surface area contributed by atoms with Crippen LogP contribution in [-0.4, -0.2) is 39.1 Å². The zero-order valence-corrected chi connectivity index (χ0v) is 19.8. The van der Waals surface area contributed by atoms with Gasteiger partial charge in [-0.3, -0.25) is 0 Å². The average Bonchev–Trinajstić information content (AvgIpc) is 2.64. The second kappa shape index (κ2) is 11.2. The van der Waals surface area contributed by atoms with Crippen molar-refractivity contribution in [2.45, 2.75) is 20.8 Å². The maximum atomic E-state index is 5.66. The number of rotatable bonds is 5. The molecule has 2 aromatic carbocycles. The van der Waals surface area contributed by atoms with Crippen LogP contribution >= 0.6 is 31.9 Å². The molecule has 0 atom stereocenters. The fraction of sp³-hybridized carbons (Fsp3) is 0.350. The molecule has 5 nitrogen and oxygen atoms in total. The Morgan fingerprint density at radius 1 is 1.00 bits per heavy atom. The first-order valence-electron chi connectivity index (χ1n) is 8.41. The van der Waals surface area contributed by atoms with E-state index in [1.54, 1.807) is 20.3 Å². The van der Waals surface area contributed by atoms with Gasteiger partial charge in [0, 0.05) is 31.4 Å². The van der Waals surface area contributed by atoms with Crippen molar-refractivity contribution in [2.75, 3.05) is 33.5 Å². The monoisotopic (exact) mass is 499 g/mol. The summed E-state index contributed by atoms with van der Waals surface area (Å²) in [5.74, 6) is 1.57. The summed E-state index contributed by atoms with van der Waals surface area (Å²) >= 11 is 6.81. The van der Waals surface area contributed by atoms with Gasteiger partial charge in [-0.15, -0.1) is 0 Å². The second-order valence-corrected chi connectivity index (χ2v) is 7.64. The van der Waals surface area contributed by atoms with E-state index in [0.717, 1.165) is 49.5 Å². The maximum Gasteiger partial charge on any atom is 0.135 e. The van der Waals surface area contributed by atoms with Crippen LogP contribution in [0.2, 0.25) is 0 Å². The highest BCUT2D eigenvalue weighted by Crippen LogP contribution is 2.32. The van der Waals surface area contributed by atoms with E-state index < -0.39 is 0 Å². The maximum absolute atomic E-state index is 5.66. The molecule has 0 heterocycles. The molecule has 0 aliphatic carbocycles. The van der Waals surface area contributed by atoms with E-state index in [9.17, 15) is 0 Å². The molecule has 7 heteroatoms. The largest absolute Gasteiger partial charge is 0.495 e. The van der Waals surface area contributed by atoms with E-state index in [2.05, 4.69) is 43.8 Å². The molecule has 0 saturated carbocycles. The van der Waals surface area contributed by atoms with Crippen LogP contribution < -0.4 is 15.2 Å². The molecule has 0 bridgehead atoms. The number of benzene rings is 2. The summed E-state index contributed by atoms with van der Waals surface area (Å²) < 4.78 is 12.2. The van der Waals surface area contributed by atoms with Gasteiger partial charge >= 0.3 is 0 Å². The molecule has 0 saturated heterocycles. The van der Waals surface area contributed by atoms with E-state index in [1.165, 1.54) is 0 Å². The van der Waals surface area contributed by atoms with Crippen LogP contribution in [0.3, 0.4) is 0 Å². The molecule has 2 rings (SSSR count). The Hall–Kier alpha value is -1.73. The molecule has 0 fully saturated rings. The van der Waals surface area contributed by atoms with Crippen molar-refractivity contribution < 1.29 is 9.47 Å². The zero-order valence-electron chi connectivity index (χ0n) is 16.6. The van der Waals surface area contributed by atoms with Gasteiger partial charge in [-0.05, 0) is 75.9 Å². The predicted octanol–water partition coefficient (Wildman–Crippen LogP) is 5.73. The van der Waals surface area contributed by atoms with Gasteiger partial charge in [0.2, 0.25) is 0 Å². The topological polar surface area (TPSA) is 60.1 Å². The fourth-order valence-corrected chi connectivity index (χ4v) is 3.24. The van der Waals surface area contributed by atoms with Gasteiger partial charge in [-0.1, -0.05) is 0 Å².